The predicted molar refractivity (Wildman–Crippen MR) is 88.6 cm³/mol. The summed E-state index contributed by atoms with van der Waals surface area (Å²) in [4.78, 5) is 28.2. The van der Waals surface area contributed by atoms with E-state index in [1.54, 1.807) is 23.6 Å². The quantitative estimate of drug-likeness (QED) is 0.782. The molecule has 2 aromatic heterocycles. The fraction of sp³-hybridized carbons (Fsp3) is 0.500. The number of aryl methyl sites for hydroxylation is 2. The van der Waals surface area contributed by atoms with E-state index in [1.807, 2.05) is 11.9 Å². The zero-order chi connectivity index (χ0) is 16.2. The van der Waals surface area contributed by atoms with Gasteiger partial charge in [0.25, 0.3) is 0 Å². The maximum Gasteiger partial charge on any atom is 0.311 e. The molecular weight excluding hydrogens is 312 g/mol. The Morgan fingerprint density at radius 2 is 2.17 bits per heavy atom. The zero-order valence-corrected chi connectivity index (χ0v) is 14.2. The van der Waals surface area contributed by atoms with Crippen LogP contribution in [0.1, 0.15) is 34.1 Å². The Labute approximate surface area is 139 Å². The number of methoxy groups -OCH3 is 1. The smallest absolute Gasteiger partial charge is 0.311 e. The largest absolute Gasteiger partial charge is 0.469 e. The lowest BCUT2D eigenvalue weighted by Gasteiger charge is -2.15. The van der Waals surface area contributed by atoms with Gasteiger partial charge in [-0.05, 0) is 31.7 Å². The Morgan fingerprint density at radius 3 is 2.96 bits per heavy atom. The lowest BCUT2D eigenvalue weighted by Crippen LogP contribution is -2.20. The molecule has 23 heavy (non-hydrogen) atoms. The first-order valence-corrected chi connectivity index (χ1v) is 8.54. The van der Waals surface area contributed by atoms with Crippen LogP contribution in [0.2, 0.25) is 0 Å². The average Bonchev–Trinajstić information content (AvgIpc) is 2.97. The highest BCUT2D eigenvalue weighted by Crippen LogP contribution is 2.27. The van der Waals surface area contributed by atoms with Crippen molar-refractivity contribution in [3.63, 3.8) is 0 Å². The van der Waals surface area contributed by atoms with Gasteiger partial charge in [0.15, 0.2) is 0 Å². The van der Waals surface area contributed by atoms with Gasteiger partial charge in [-0.25, -0.2) is 15.0 Å². The maximum absolute atomic E-state index is 11.4. The van der Waals surface area contributed by atoms with Gasteiger partial charge in [0.2, 0.25) is 5.95 Å². The zero-order valence-electron chi connectivity index (χ0n) is 13.4. The van der Waals surface area contributed by atoms with E-state index in [4.69, 9.17) is 4.98 Å². The molecule has 0 fully saturated rings. The Bertz CT molecular complexity index is 678. The second kappa shape index (κ2) is 7.04. The van der Waals surface area contributed by atoms with E-state index in [0.29, 0.717) is 18.2 Å². The molecule has 0 unspecified atom stereocenters. The molecule has 0 bridgehead atoms. The fourth-order valence-corrected chi connectivity index (χ4v) is 3.84. The van der Waals surface area contributed by atoms with Gasteiger partial charge in [-0.3, -0.25) is 4.79 Å². The van der Waals surface area contributed by atoms with Gasteiger partial charge in [-0.15, -0.1) is 11.3 Å². The number of rotatable bonds is 5. The summed E-state index contributed by atoms with van der Waals surface area (Å²) < 4.78 is 4.68. The van der Waals surface area contributed by atoms with Crippen molar-refractivity contribution in [3.8, 4) is 0 Å². The minimum atomic E-state index is -0.301. The topological polar surface area (TPSA) is 68.2 Å². The third-order valence-electron chi connectivity index (χ3n) is 3.86. The summed E-state index contributed by atoms with van der Waals surface area (Å²) in [5.41, 5.74) is 1.93. The number of thiazole rings is 1. The Balaban J connectivity index is 1.70. The van der Waals surface area contributed by atoms with Crippen molar-refractivity contribution in [1.82, 2.24) is 15.0 Å². The highest BCUT2D eigenvalue weighted by atomic mass is 32.1. The maximum atomic E-state index is 11.4. The summed E-state index contributed by atoms with van der Waals surface area (Å²) in [6, 6.07) is 1.73. The van der Waals surface area contributed by atoms with Crippen molar-refractivity contribution >= 4 is 23.3 Å². The molecule has 0 aliphatic heterocycles. The van der Waals surface area contributed by atoms with E-state index in [-0.39, 0.29) is 12.4 Å². The first-order valence-electron chi connectivity index (χ1n) is 7.73. The predicted octanol–water partition coefficient (Wildman–Crippen LogP) is 2.16. The monoisotopic (exact) mass is 332 g/mol. The summed E-state index contributed by atoms with van der Waals surface area (Å²) in [6.45, 7) is 0.680. The van der Waals surface area contributed by atoms with Crippen LogP contribution >= 0.6 is 11.3 Å². The number of aromatic nitrogens is 3. The third-order valence-corrected chi connectivity index (χ3v) is 5.00. The molecule has 2 aromatic rings. The molecule has 7 heteroatoms. The van der Waals surface area contributed by atoms with Crippen molar-refractivity contribution in [3.05, 3.63) is 33.5 Å². The summed E-state index contributed by atoms with van der Waals surface area (Å²) in [6.07, 6.45) is 6.59. The van der Waals surface area contributed by atoms with Gasteiger partial charge < -0.3 is 9.64 Å². The number of esters is 1. The van der Waals surface area contributed by atoms with E-state index in [1.165, 1.54) is 30.5 Å². The van der Waals surface area contributed by atoms with E-state index < -0.39 is 0 Å². The van der Waals surface area contributed by atoms with E-state index in [0.717, 1.165) is 17.8 Å². The Kier molecular flexibility index (Phi) is 4.85. The van der Waals surface area contributed by atoms with E-state index >= 15 is 0 Å². The SMILES string of the molecule is COC(=O)Cc1ccnc(N(C)Cc2nc3c(s2)CCCC3)n1. The average molecular weight is 332 g/mol. The Morgan fingerprint density at radius 1 is 1.35 bits per heavy atom. The van der Waals surface area contributed by atoms with Crippen LogP contribution in [0.15, 0.2) is 12.3 Å². The number of carbonyl (C=O) groups excluding carboxylic acids is 1. The molecule has 0 aromatic carbocycles. The highest BCUT2D eigenvalue weighted by Gasteiger charge is 2.17. The molecular formula is C16H20N4O2S. The molecule has 0 saturated heterocycles. The summed E-state index contributed by atoms with van der Waals surface area (Å²) >= 11 is 1.79. The first kappa shape index (κ1) is 15.9. The number of carbonyl (C=O) groups is 1. The fourth-order valence-electron chi connectivity index (χ4n) is 2.63. The third kappa shape index (κ3) is 3.85. The number of ether oxygens (including phenoxy) is 1. The molecule has 2 heterocycles. The molecule has 122 valence electrons. The van der Waals surface area contributed by atoms with Crippen LogP contribution in [-0.4, -0.2) is 35.1 Å². The molecule has 0 radical (unpaired) electrons. The van der Waals surface area contributed by atoms with Crippen LogP contribution in [0, 0.1) is 0 Å². The number of hydrogen-bond acceptors (Lipinski definition) is 7. The molecule has 1 aliphatic carbocycles. The van der Waals surface area contributed by atoms with Gasteiger partial charge in [-0.1, -0.05) is 0 Å². The molecule has 3 rings (SSSR count). The van der Waals surface area contributed by atoms with Crippen molar-refractivity contribution in [2.45, 2.75) is 38.6 Å². The number of hydrogen-bond donors (Lipinski definition) is 0. The summed E-state index contributed by atoms with van der Waals surface area (Å²) in [7, 11) is 3.32. The lowest BCUT2D eigenvalue weighted by molar-refractivity contribution is -0.139. The van der Waals surface area contributed by atoms with Gasteiger partial charge >= 0.3 is 5.97 Å². The summed E-state index contributed by atoms with van der Waals surface area (Å²) in [5.74, 6) is 0.296. The van der Waals surface area contributed by atoms with Crippen LogP contribution in [0.3, 0.4) is 0 Å². The van der Waals surface area contributed by atoms with E-state index in [9.17, 15) is 4.79 Å². The second-order valence-corrected chi connectivity index (χ2v) is 6.81. The number of fused-ring (bicyclic) bond motifs is 1. The molecule has 0 spiro atoms. The molecule has 0 saturated carbocycles. The molecule has 0 amide bonds. The highest BCUT2D eigenvalue weighted by molar-refractivity contribution is 7.11. The van der Waals surface area contributed by atoms with Crippen molar-refractivity contribution in [2.75, 3.05) is 19.1 Å². The van der Waals surface area contributed by atoms with Gasteiger partial charge in [0.05, 0.1) is 31.5 Å². The standard InChI is InChI=1S/C16H20N4O2S/c1-20(10-14-19-12-5-3-4-6-13(12)23-14)16-17-8-7-11(18-16)9-15(21)22-2/h7-8H,3-6,9-10H2,1-2H3. The molecule has 0 atom stereocenters. The molecule has 1 aliphatic rings. The summed E-state index contributed by atoms with van der Waals surface area (Å²) in [5, 5.41) is 1.10. The van der Waals surface area contributed by atoms with Gasteiger partial charge in [0.1, 0.15) is 5.01 Å². The number of nitrogens with zero attached hydrogens (tertiary/aromatic N) is 4. The van der Waals surface area contributed by atoms with Gasteiger partial charge in [0, 0.05) is 18.1 Å². The molecule has 0 N–H and O–H groups in total. The minimum Gasteiger partial charge on any atom is -0.469 e. The minimum absolute atomic E-state index is 0.158. The first-order chi connectivity index (χ1) is 11.2. The lowest BCUT2D eigenvalue weighted by atomic mass is 10.0. The number of anilines is 1. The van der Waals surface area contributed by atoms with Crippen molar-refractivity contribution < 1.29 is 9.53 Å². The van der Waals surface area contributed by atoms with Crippen LogP contribution in [-0.2, 0) is 35.3 Å². The van der Waals surface area contributed by atoms with Crippen LogP contribution < -0.4 is 4.90 Å². The molecule has 6 nitrogen and oxygen atoms in total. The van der Waals surface area contributed by atoms with Gasteiger partial charge in [-0.2, -0.15) is 0 Å². The van der Waals surface area contributed by atoms with E-state index in [2.05, 4.69) is 14.7 Å². The van der Waals surface area contributed by atoms with Crippen molar-refractivity contribution in [1.29, 1.82) is 0 Å². The van der Waals surface area contributed by atoms with Crippen LogP contribution in [0.25, 0.3) is 0 Å². The van der Waals surface area contributed by atoms with Crippen LogP contribution in [0.5, 0.6) is 0 Å². The van der Waals surface area contributed by atoms with Crippen molar-refractivity contribution in [2.24, 2.45) is 0 Å². The second-order valence-electron chi connectivity index (χ2n) is 5.64. The van der Waals surface area contributed by atoms with Crippen LogP contribution in [0.4, 0.5) is 5.95 Å². The normalized spacial score (nSPS) is 13.5. The Hall–Kier alpha value is -2.02.